The van der Waals surface area contributed by atoms with Crippen molar-refractivity contribution in [1.29, 1.82) is 0 Å². The van der Waals surface area contributed by atoms with Gasteiger partial charge in [0, 0.05) is 13.1 Å². The molecule has 0 aromatic carbocycles. The molecule has 3 N–H and O–H groups in total. The molecule has 0 saturated heterocycles. The highest BCUT2D eigenvalue weighted by molar-refractivity contribution is 5.79. The molecule has 1 heterocycles. The van der Waals surface area contributed by atoms with E-state index in [2.05, 4.69) is 22.2 Å². The first kappa shape index (κ1) is 15.3. The van der Waals surface area contributed by atoms with E-state index < -0.39 is 5.60 Å². The van der Waals surface area contributed by atoms with Crippen molar-refractivity contribution in [2.45, 2.75) is 26.4 Å². The van der Waals surface area contributed by atoms with E-state index in [1.54, 1.807) is 19.1 Å². The predicted molar refractivity (Wildman–Crippen MR) is 77.2 cm³/mol. The lowest BCUT2D eigenvalue weighted by Gasteiger charge is -2.19. The van der Waals surface area contributed by atoms with Crippen molar-refractivity contribution in [2.75, 3.05) is 19.6 Å². The molecule has 0 aliphatic heterocycles. The molecule has 1 rings (SSSR count). The number of nitrogens with one attached hydrogen (secondary N) is 2. The van der Waals surface area contributed by atoms with Gasteiger partial charge in [-0.3, -0.25) is 0 Å². The highest BCUT2D eigenvalue weighted by atomic mass is 16.4. The van der Waals surface area contributed by atoms with Gasteiger partial charge in [0.2, 0.25) is 0 Å². The molecule has 0 amide bonds. The number of furan rings is 1. The first-order valence-corrected chi connectivity index (χ1v) is 6.42. The van der Waals surface area contributed by atoms with Gasteiger partial charge in [0.15, 0.2) is 5.96 Å². The number of rotatable bonds is 6. The van der Waals surface area contributed by atoms with E-state index in [0.29, 0.717) is 18.3 Å². The standard InChI is InChI=1S/C14H23N3O2/c1-5-9-16-13(15-6-2)17-10-14(4,18)12-8-7-11(3)19-12/h5,7-8,18H,1,6,9-10H2,2-4H3,(H2,15,16,17). The zero-order valence-corrected chi connectivity index (χ0v) is 11.9. The molecule has 1 atom stereocenters. The number of nitrogens with zero attached hydrogens (tertiary/aromatic N) is 1. The molecular weight excluding hydrogens is 242 g/mol. The van der Waals surface area contributed by atoms with E-state index in [-0.39, 0.29) is 6.54 Å². The van der Waals surface area contributed by atoms with E-state index in [9.17, 15) is 5.11 Å². The van der Waals surface area contributed by atoms with Crippen molar-refractivity contribution in [3.05, 3.63) is 36.3 Å². The van der Waals surface area contributed by atoms with Crippen LogP contribution in [0.4, 0.5) is 0 Å². The van der Waals surface area contributed by atoms with Crippen LogP contribution in [-0.4, -0.2) is 30.7 Å². The van der Waals surface area contributed by atoms with Crippen LogP contribution >= 0.6 is 0 Å². The van der Waals surface area contributed by atoms with Gasteiger partial charge in [-0.2, -0.15) is 0 Å². The first-order valence-electron chi connectivity index (χ1n) is 6.42. The van der Waals surface area contributed by atoms with Gasteiger partial charge in [-0.15, -0.1) is 6.58 Å². The maximum absolute atomic E-state index is 10.4. The van der Waals surface area contributed by atoms with Crippen LogP contribution in [-0.2, 0) is 5.60 Å². The van der Waals surface area contributed by atoms with Crippen molar-refractivity contribution in [3.63, 3.8) is 0 Å². The maximum Gasteiger partial charge on any atom is 0.191 e. The summed E-state index contributed by atoms with van der Waals surface area (Å²) in [4.78, 5) is 4.34. The lowest BCUT2D eigenvalue weighted by molar-refractivity contribution is 0.0429. The third-order valence-corrected chi connectivity index (χ3v) is 2.57. The molecule has 5 heteroatoms. The largest absolute Gasteiger partial charge is 0.463 e. The summed E-state index contributed by atoms with van der Waals surface area (Å²) in [5.41, 5.74) is -1.12. The fraction of sp³-hybridized carbons (Fsp3) is 0.500. The number of guanidine groups is 1. The summed E-state index contributed by atoms with van der Waals surface area (Å²) in [7, 11) is 0. The van der Waals surface area contributed by atoms with Crippen molar-refractivity contribution < 1.29 is 9.52 Å². The third kappa shape index (κ3) is 4.79. The molecule has 106 valence electrons. The minimum atomic E-state index is -1.12. The second kappa shape index (κ2) is 6.99. The van der Waals surface area contributed by atoms with Crippen LogP contribution in [0.5, 0.6) is 0 Å². The van der Waals surface area contributed by atoms with E-state index >= 15 is 0 Å². The van der Waals surface area contributed by atoms with Gasteiger partial charge in [-0.1, -0.05) is 6.08 Å². The van der Waals surface area contributed by atoms with Crippen LogP contribution in [0.25, 0.3) is 0 Å². The van der Waals surface area contributed by atoms with Gasteiger partial charge in [0.1, 0.15) is 17.1 Å². The predicted octanol–water partition coefficient (Wildman–Crippen LogP) is 1.54. The molecule has 0 bridgehead atoms. The summed E-state index contributed by atoms with van der Waals surface area (Å²) in [6.07, 6.45) is 1.75. The monoisotopic (exact) mass is 265 g/mol. The van der Waals surface area contributed by atoms with Crippen molar-refractivity contribution >= 4 is 5.96 Å². The number of hydrogen-bond acceptors (Lipinski definition) is 3. The van der Waals surface area contributed by atoms with E-state index in [1.165, 1.54) is 0 Å². The lowest BCUT2D eigenvalue weighted by Crippen LogP contribution is -2.38. The summed E-state index contributed by atoms with van der Waals surface area (Å²) in [6, 6.07) is 3.60. The lowest BCUT2D eigenvalue weighted by atomic mass is 10.0. The van der Waals surface area contributed by atoms with E-state index in [1.807, 2.05) is 19.9 Å². The number of aryl methyl sites for hydroxylation is 1. The molecule has 0 radical (unpaired) electrons. The van der Waals surface area contributed by atoms with Gasteiger partial charge in [-0.25, -0.2) is 4.99 Å². The van der Waals surface area contributed by atoms with Crippen LogP contribution in [0, 0.1) is 6.92 Å². The molecule has 5 nitrogen and oxygen atoms in total. The Morgan fingerprint density at radius 2 is 2.26 bits per heavy atom. The maximum atomic E-state index is 10.4. The fourth-order valence-electron chi connectivity index (χ4n) is 1.55. The molecule has 1 unspecified atom stereocenters. The summed E-state index contributed by atoms with van der Waals surface area (Å²) >= 11 is 0. The Bertz CT molecular complexity index is 436. The van der Waals surface area contributed by atoms with Gasteiger partial charge in [0.05, 0.1) is 6.54 Å². The van der Waals surface area contributed by atoms with Crippen molar-refractivity contribution in [1.82, 2.24) is 10.6 Å². The minimum Gasteiger partial charge on any atom is -0.463 e. The molecule has 0 aliphatic carbocycles. The van der Waals surface area contributed by atoms with E-state index in [0.717, 1.165) is 12.3 Å². The molecule has 0 spiro atoms. The molecule has 19 heavy (non-hydrogen) atoms. The van der Waals surface area contributed by atoms with Crippen molar-refractivity contribution in [3.8, 4) is 0 Å². The van der Waals surface area contributed by atoms with Gasteiger partial charge in [0.25, 0.3) is 0 Å². The summed E-state index contributed by atoms with van der Waals surface area (Å²) in [5, 5.41) is 16.5. The Labute approximate surface area is 114 Å². The minimum absolute atomic E-state index is 0.215. The van der Waals surface area contributed by atoms with Crippen LogP contribution in [0.15, 0.2) is 34.2 Å². The third-order valence-electron chi connectivity index (χ3n) is 2.57. The molecule has 0 fully saturated rings. The zero-order valence-electron chi connectivity index (χ0n) is 11.9. The molecule has 0 aliphatic rings. The SMILES string of the molecule is C=CCNC(=NCC(C)(O)c1ccc(C)o1)NCC. The van der Waals surface area contributed by atoms with Crippen molar-refractivity contribution in [2.24, 2.45) is 4.99 Å². The Morgan fingerprint density at radius 1 is 1.53 bits per heavy atom. The second-order valence-electron chi connectivity index (χ2n) is 4.55. The number of aliphatic hydroxyl groups is 1. The fourth-order valence-corrected chi connectivity index (χ4v) is 1.55. The molecule has 1 aromatic rings. The summed E-state index contributed by atoms with van der Waals surface area (Å²) < 4.78 is 5.45. The highest BCUT2D eigenvalue weighted by Gasteiger charge is 2.26. The summed E-state index contributed by atoms with van der Waals surface area (Å²) in [5.74, 6) is 1.94. The average Bonchev–Trinajstić information content (AvgIpc) is 2.80. The number of hydrogen-bond donors (Lipinski definition) is 3. The van der Waals surface area contributed by atoms with Crippen LogP contribution < -0.4 is 10.6 Å². The first-order chi connectivity index (χ1) is 8.99. The van der Waals surface area contributed by atoms with E-state index in [4.69, 9.17) is 4.42 Å². The van der Waals surface area contributed by atoms with Crippen LogP contribution in [0.1, 0.15) is 25.4 Å². The Morgan fingerprint density at radius 3 is 2.79 bits per heavy atom. The summed E-state index contributed by atoms with van der Waals surface area (Å²) in [6.45, 7) is 10.7. The van der Waals surface area contributed by atoms with Crippen LogP contribution in [0.3, 0.4) is 0 Å². The second-order valence-corrected chi connectivity index (χ2v) is 4.55. The Balaban J connectivity index is 2.71. The quantitative estimate of drug-likeness (QED) is 0.414. The highest BCUT2D eigenvalue weighted by Crippen LogP contribution is 2.22. The molecule has 1 aromatic heterocycles. The van der Waals surface area contributed by atoms with Gasteiger partial charge in [-0.05, 0) is 32.9 Å². The Hall–Kier alpha value is -1.75. The van der Waals surface area contributed by atoms with Gasteiger partial charge >= 0.3 is 0 Å². The normalized spacial score (nSPS) is 14.8. The average molecular weight is 265 g/mol. The zero-order chi connectivity index (χ0) is 14.3. The Kier molecular flexibility index (Phi) is 5.63. The number of aliphatic imine (C=N–C) groups is 1. The van der Waals surface area contributed by atoms with Gasteiger partial charge < -0.3 is 20.2 Å². The smallest absolute Gasteiger partial charge is 0.191 e. The van der Waals surface area contributed by atoms with Crippen LogP contribution in [0.2, 0.25) is 0 Å². The molecule has 0 saturated carbocycles. The molecular formula is C14H23N3O2. The topological polar surface area (TPSA) is 69.8 Å².